The fraction of sp³-hybridized carbons (Fsp3) is 0.292. The van der Waals surface area contributed by atoms with Gasteiger partial charge < -0.3 is 15.2 Å². The molecule has 166 valence electrons. The molecule has 0 bridgehead atoms. The number of alkyl carbamates (subject to hydrolysis) is 1. The number of hydrogen-bond acceptors (Lipinski definition) is 4. The van der Waals surface area contributed by atoms with Crippen molar-refractivity contribution in [2.24, 2.45) is 0 Å². The minimum Gasteiger partial charge on any atom is -0.480 e. The predicted molar refractivity (Wildman–Crippen MR) is 121 cm³/mol. The molecule has 1 heterocycles. The Kier molecular flexibility index (Phi) is 5.93. The summed E-state index contributed by atoms with van der Waals surface area (Å²) >= 11 is 6.19. The number of amides is 1. The summed E-state index contributed by atoms with van der Waals surface area (Å²) in [5.41, 5.74) is 5.65. The molecule has 0 fully saturated rings. The monoisotopic (exact) mass is 453 g/mol. The van der Waals surface area contributed by atoms with Crippen LogP contribution in [0.15, 0.2) is 48.5 Å². The lowest BCUT2D eigenvalue weighted by molar-refractivity contribution is -0.140. The van der Waals surface area contributed by atoms with Crippen LogP contribution in [0.3, 0.4) is 0 Å². The third-order valence-corrected chi connectivity index (χ3v) is 6.53. The predicted octanol–water partition coefficient (Wildman–Crippen LogP) is 4.71. The molecule has 1 aliphatic rings. The molecule has 3 aromatic rings. The van der Waals surface area contributed by atoms with Crippen molar-refractivity contribution in [3.05, 3.63) is 76.1 Å². The van der Waals surface area contributed by atoms with Crippen LogP contribution in [0.1, 0.15) is 41.4 Å². The Balaban J connectivity index is 1.48. The third-order valence-electron chi connectivity index (χ3n) is 5.99. The number of nitrogens with zero attached hydrogens (tertiary/aromatic N) is 2. The summed E-state index contributed by atoms with van der Waals surface area (Å²) in [6, 6.07) is 14.1. The first-order valence-corrected chi connectivity index (χ1v) is 10.7. The topological polar surface area (TPSA) is 93.5 Å². The molecule has 8 heteroatoms. The van der Waals surface area contributed by atoms with E-state index < -0.39 is 24.1 Å². The number of carbonyl (C=O) groups is 2. The summed E-state index contributed by atoms with van der Waals surface area (Å²) < 4.78 is 7.01. The molecule has 0 saturated heterocycles. The number of halogens is 1. The summed E-state index contributed by atoms with van der Waals surface area (Å²) in [6.07, 6.45) is -0.793. The summed E-state index contributed by atoms with van der Waals surface area (Å²) in [6.45, 7) is 5.27. The van der Waals surface area contributed by atoms with Gasteiger partial charge in [-0.15, -0.1) is 0 Å². The highest BCUT2D eigenvalue weighted by atomic mass is 35.5. The molecule has 0 radical (unpaired) electrons. The Bertz CT molecular complexity index is 1140. The number of carboxylic acids is 1. The summed E-state index contributed by atoms with van der Waals surface area (Å²) in [7, 11) is 0. The van der Waals surface area contributed by atoms with Crippen molar-refractivity contribution in [2.75, 3.05) is 6.61 Å². The Morgan fingerprint density at radius 2 is 1.69 bits per heavy atom. The van der Waals surface area contributed by atoms with Crippen LogP contribution in [-0.4, -0.2) is 39.6 Å². The molecular weight excluding hydrogens is 430 g/mol. The van der Waals surface area contributed by atoms with Gasteiger partial charge >= 0.3 is 12.1 Å². The zero-order valence-corrected chi connectivity index (χ0v) is 18.8. The number of rotatable bonds is 6. The Morgan fingerprint density at radius 3 is 2.19 bits per heavy atom. The molecule has 1 aliphatic carbocycles. The fourth-order valence-corrected chi connectivity index (χ4v) is 4.46. The summed E-state index contributed by atoms with van der Waals surface area (Å²) in [5, 5.41) is 17.0. The van der Waals surface area contributed by atoms with Crippen molar-refractivity contribution >= 4 is 23.7 Å². The molecule has 2 N–H and O–H groups in total. The molecule has 1 aromatic heterocycles. The maximum Gasteiger partial charge on any atom is 0.407 e. The SMILES string of the molecule is Cc1nn(C(C)C(NC(=O)OCC2c3ccccc3-c3ccccc32)C(=O)O)c(C)c1Cl. The number of aliphatic carboxylic acids is 1. The molecule has 1 amide bonds. The number of carboxylic acid groups (broad SMARTS) is 1. The average Bonchev–Trinajstić information content (AvgIpc) is 3.24. The summed E-state index contributed by atoms with van der Waals surface area (Å²) in [5.74, 6) is -1.29. The lowest BCUT2D eigenvalue weighted by atomic mass is 9.98. The van der Waals surface area contributed by atoms with Crippen LogP contribution < -0.4 is 5.32 Å². The van der Waals surface area contributed by atoms with E-state index in [9.17, 15) is 14.7 Å². The highest BCUT2D eigenvalue weighted by Gasteiger charge is 2.32. The van der Waals surface area contributed by atoms with Crippen LogP contribution in [0.5, 0.6) is 0 Å². The molecule has 0 spiro atoms. The quantitative estimate of drug-likeness (QED) is 0.564. The van der Waals surface area contributed by atoms with E-state index in [0.717, 1.165) is 22.3 Å². The van der Waals surface area contributed by atoms with E-state index >= 15 is 0 Å². The second-order valence-electron chi connectivity index (χ2n) is 7.96. The van der Waals surface area contributed by atoms with Crippen LogP contribution >= 0.6 is 11.6 Å². The first-order valence-electron chi connectivity index (χ1n) is 10.3. The lowest BCUT2D eigenvalue weighted by Gasteiger charge is -2.23. The Morgan fingerprint density at radius 1 is 1.12 bits per heavy atom. The number of aryl methyl sites for hydroxylation is 1. The van der Waals surface area contributed by atoms with Gasteiger partial charge in [-0.05, 0) is 43.0 Å². The molecule has 0 saturated carbocycles. The molecule has 0 aliphatic heterocycles. The van der Waals surface area contributed by atoms with Crippen molar-refractivity contribution < 1.29 is 19.4 Å². The van der Waals surface area contributed by atoms with Gasteiger partial charge in [0, 0.05) is 5.92 Å². The van der Waals surface area contributed by atoms with E-state index in [0.29, 0.717) is 16.4 Å². The normalized spacial score (nSPS) is 14.4. The number of ether oxygens (including phenoxy) is 1. The van der Waals surface area contributed by atoms with E-state index in [4.69, 9.17) is 16.3 Å². The van der Waals surface area contributed by atoms with Crippen molar-refractivity contribution in [1.29, 1.82) is 0 Å². The first-order chi connectivity index (χ1) is 15.3. The lowest BCUT2D eigenvalue weighted by Crippen LogP contribution is -2.46. The third kappa shape index (κ3) is 3.84. The molecular formula is C24H24ClN3O4. The van der Waals surface area contributed by atoms with E-state index in [1.165, 1.54) is 4.68 Å². The van der Waals surface area contributed by atoms with Crippen molar-refractivity contribution in [3.63, 3.8) is 0 Å². The number of carbonyl (C=O) groups excluding carboxylic acids is 1. The van der Waals surface area contributed by atoms with Crippen LogP contribution in [0, 0.1) is 13.8 Å². The van der Waals surface area contributed by atoms with Gasteiger partial charge in [0.15, 0.2) is 6.04 Å². The smallest absolute Gasteiger partial charge is 0.407 e. The summed E-state index contributed by atoms with van der Waals surface area (Å²) in [4.78, 5) is 24.5. The largest absolute Gasteiger partial charge is 0.480 e. The van der Waals surface area contributed by atoms with E-state index in [1.54, 1.807) is 20.8 Å². The zero-order valence-electron chi connectivity index (χ0n) is 18.0. The van der Waals surface area contributed by atoms with E-state index in [2.05, 4.69) is 22.5 Å². The van der Waals surface area contributed by atoms with Gasteiger partial charge in [-0.3, -0.25) is 4.68 Å². The number of aromatic nitrogens is 2. The fourth-order valence-electron chi connectivity index (χ4n) is 4.34. The number of nitrogens with one attached hydrogen (secondary N) is 1. The molecule has 2 unspecified atom stereocenters. The number of fused-ring (bicyclic) bond motifs is 3. The standard InChI is InChI=1S/C24H24ClN3O4/c1-13-21(25)14(2)28(27-13)15(3)22(23(29)30)26-24(31)32-12-20-18-10-6-4-8-16(18)17-9-5-7-11-19(17)20/h4-11,15,20,22H,12H2,1-3H3,(H,26,31)(H,29,30). The minimum atomic E-state index is -1.24. The van der Waals surface area contributed by atoms with Gasteiger partial charge in [0.25, 0.3) is 0 Å². The molecule has 7 nitrogen and oxygen atoms in total. The number of benzene rings is 2. The van der Waals surface area contributed by atoms with Gasteiger partial charge in [0.2, 0.25) is 0 Å². The molecule has 32 heavy (non-hydrogen) atoms. The maximum absolute atomic E-state index is 12.6. The van der Waals surface area contributed by atoms with Crippen LogP contribution in [-0.2, 0) is 9.53 Å². The molecule has 4 rings (SSSR count). The van der Waals surface area contributed by atoms with Crippen LogP contribution in [0.25, 0.3) is 11.1 Å². The maximum atomic E-state index is 12.6. The Hall–Kier alpha value is -3.32. The van der Waals surface area contributed by atoms with Gasteiger partial charge in [-0.1, -0.05) is 60.1 Å². The van der Waals surface area contributed by atoms with Crippen molar-refractivity contribution in [2.45, 2.75) is 38.8 Å². The molecule has 2 aromatic carbocycles. The average molecular weight is 454 g/mol. The van der Waals surface area contributed by atoms with Crippen LogP contribution in [0.4, 0.5) is 4.79 Å². The van der Waals surface area contributed by atoms with Crippen LogP contribution in [0.2, 0.25) is 5.02 Å². The van der Waals surface area contributed by atoms with Gasteiger partial charge in [-0.25, -0.2) is 9.59 Å². The second kappa shape index (κ2) is 8.67. The highest BCUT2D eigenvalue weighted by molar-refractivity contribution is 6.31. The van der Waals surface area contributed by atoms with Crippen molar-refractivity contribution in [3.8, 4) is 11.1 Å². The van der Waals surface area contributed by atoms with E-state index in [1.807, 2.05) is 36.4 Å². The zero-order chi connectivity index (χ0) is 23.0. The van der Waals surface area contributed by atoms with E-state index in [-0.39, 0.29) is 12.5 Å². The van der Waals surface area contributed by atoms with Gasteiger partial charge in [0.1, 0.15) is 6.61 Å². The van der Waals surface area contributed by atoms with Gasteiger partial charge in [-0.2, -0.15) is 5.10 Å². The highest BCUT2D eigenvalue weighted by Crippen LogP contribution is 2.44. The minimum absolute atomic E-state index is 0.103. The number of hydrogen-bond donors (Lipinski definition) is 2. The van der Waals surface area contributed by atoms with Crippen molar-refractivity contribution in [1.82, 2.24) is 15.1 Å². The molecule has 2 atom stereocenters. The van der Waals surface area contributed by atoms with Gasteiger partial charge in [0.05, 0.1) is 22.5 Å². The first kappa shape index (κ1) is 21.9. The Labute approximate surface area is 191 Å². The second-order valence-corrected chi connectivity index (χ2v) is 8.33.